The number of urea groups is 1. The van der Waals surface area contributed by atoms with Crippen LogP contribution in [0.5, 0.6) is 0 Å². The monoisotopic (exact) mass is 360 g/mol. The first kappa shape index (κ1) is 18.2. The van der Waals surface area contributed by atoms with Gasteiger partial charge in [0.25, 0.3) is 11.5 Å². The Balaban J connectivity index is 1.54. The molecule has 1 saturated carbocycles. The maximum atomic E-state index is 12.5. The molecule has 4 amide bonds. The van der Waals surface area contributed by atoms with Crippen molar-refractivity contribution < 1.29 is 14.4 Å². The molecule has 8 heteroatoms. The zero-order valence-corrected chi connectivity index (χ0v) is 15.1. The standard InChI is InChI=1S/C18H24N4O4/c1-11-9-12(2)20-15(24)13(11)10-19-14(23)5-8-22-16(25)18(21-17(22)26)6-3-4-7-18/h9H,3-8,10H2,1-2H3,(H,19,23)(H,20,24)(H,21,26). The van der Waals surface area contributed by atoms with Crippen molar-refractivity contribution in [2.24, 2.45) is 0 Å². The molecule has 140 valence electrons. The number of aryl methyl sites for hydroxylation is 2. The minimum absolute atomic E-state index is 0.0120. The van der Waals surface area contributed by atoms with E-state index in [9.17, 15) is 19.2 Å². The molecule has 0 atom stereocenters. The number of hydrogen-bond acceptors (Lipinski definition) is 4. The molecule has 26 heavy (non-hydrogen) atoms. The number of carbonyl (C=O) groups excluding carboxylic acids is 3. The largest absolute Gasteiger partial charge is 0.352 e. The van der Waals surface area contributed by atoms with E-state index in [0.29, 0.717) is 18.4 Å². The number of imide groups is 1. The van der Waals surface area contributed by atoms with Gasteiger partial charge in [-0.1, -0.05) is 12.8 Å². The predicted molar refractivity (Wildman–Crippen MR) is 94.4 cm³/mol. The molecule has 0 bridgehead atoms. The van der Waals surface area contributed by atoms with Crippen molar-refractivity contribution >= 4 is 17.8 Å². The average Bonchev–Trinajstić information content (AvgIpc) is 3.11. The molecule has 1 aliphatic carbocycles. The van der Waals surface area contributed by atoms with Crippen LogP contribution in [0.15, 0.2) is 10.9 Å². The van der Waals surface area contributed by atoms with Gasteiger partial charge in [-0.3, -0.25) is 19.3 Å². The van der Waals surface area contributed by atoms with E-state index >= 15 is 0 Å². The van der Waals surface area contributed by atoms with Gasteiger partial charge in [-0.2, -0.15) is 0 Å². The summed E-state index contributed by atoms with van der Waals surface area (Å²) in [7, 11) is 0. The van der Waals surface area contributed by atoms with E-state index in [2.05, 4.69) is 15.6 Å². The quantitative estimate of drug-likeness (QED) is 0.676. The summed E-state index contributed by atoms with van der Waals surface area (Å²) in [6.07, 6.45) is 3.18. The van der Waals surface area contributed by atoms with Gasteiger partial charge in [0.05, 0.1) is 0 Å². The number of nitrogens with one attached hydrogen (secondary N) is 3. The summed E-state index contributed by atoms with van der Waals surface area (Å²) < 4.78 is 0. The Morgan fingerprint density at radius 3 is 2.58 bits per heavy atom. The molecule has 2 fully saturated rings. The van der Waals surface area contributed by atoms with Gasteiger partial charge in [-0.25, -0.2) is 4.79 Å². The van der Waals surface area contributed by atoms with Crippen molar-refractivity contribution in [1.29, 1.82) is 0 Å². The Hall–Kier alpha value is -2.64. The third-order valence-electron chi connectivity index (χ3n) is 5.22. The molecule has 0 aromatic carbocycles. The lowest BCUT2D eigenvalue weighted by Crippen LogP contribution is -2.44. The average molecular weight is 360 g/mol. The molecule has 1 aromatic rings. The number of H-pyrrole nitrogens is 1. The Bertz CT molecular complexity index is 808. The van der Waals surface area contributed by atoms with Crippen LogP contribution in [-0.4, -0.2) is 39.8 Å². The molecule has 1 saturated heterocycles. The lowest BCUT2D eigenvalue weighted by atomic mass is 9.98. The normalized spacial score (nSPS) is 18.5. The van der Waals surface area contributed by atoms with Gasteiger partial charge in [-0.15, -0.1) is 0 Å². The molecule has 0 radical (unpaired) electrons. The van der Waals surface area contributed by atoms with Crippen molar-refractivity contribution in [1.82, 2.24) is 20.5 Å². The highest BCUT2D eigenvalue weighted by molar-refractivity contribution is 6.07. The summed E-state index contributed by atoms with van der Waals surface area (Å²) in [5.74, 6) is -0.532. The predicted octanol–water partition coefficient (Wildman–Crippen LogP) is 0.863. The molecule has 1 spiro atoms. The summed E-state index contributed by atoms with van der Waals surface area (Å²) in [6, 6.07) is 1.42. The van der Waals surface area contributed by atoms with Crippen LogP contribution in [0.25, 0.3) is 0 Å². The number of rotatable bonds is 5. The first-order chi connectivity index (χ1) is 12.3. The number of amides is 4. The minimum atomic E-state index is -0.750. The smallest absolute Gasteiger partial charge is 0.325 e. The van der Waals surface area contributed by atoms with E-state index in [4.69, 9.17) is 0 Å². The van der Waals surface area contributed by atoms with E-state index in [0.717, 1.165) is 29.0 Å². The first-order valence-electron chi connectivity index (χ1n) is 8.93. The van der Waals surface area contributed by atoms with Gasteiger partial charge >= 0.3 is 6.03 Å². The lowest BCUT2D eigenvalue weighted by molar-refractivity contribution is -0.131. The summed E-state index contributed by atoms with van der Waals surface area (Å²) in [6.45, 7) is 3.77. The fourth-order valence-corrected chi connectivity index (χ4v) is 3.79. The Morgan fingerprint density at radius 2 is 1.92 bits per heavy atom. The third-order valence-corrected chi connectivity index (χ3v) is 5.22. The summed E-state index contributed by atoms with van der Waals surface area (Å²) >= 11 is 0. The van der Waals surface area contributed by atoms with Crippen LogP contribution in [0.2, 0.25) is 0 Å². The van der Waals surface area contributed by atoms with Gasteiger partial charge in [0.1, 0.15) is 5.54 Å². The van der Waals surface area contributed by atoms with Gasteiger partial charge in [0.15, 0.2) is 0 Å². The number of aromatic nitrogens is 1. The summed E-state index contributed by atoms with van der Waals surface area (Å²) in [4.78, 5) is 52.5. The zero-order chi connectivity index (χ0) is 18.9. The number of hydrogen-bond donors (Lipinski definition) is 3. The number of nitrogens with zero attached hydrogens (tertiary/aromatic N) is 1. The molecule has 0 unspecified atom stereocenters. The molecule has 2 aliphatic rings. The second-order valence-electron chi connectivity index (χ2n) is 7.15. The zero-order valence-electron chi connectivity index (χ0n) is 15.1. The molecule has 1 aliphatic heterocycles. The third kappa shape index (κ3) is 3.36. The van der Waals surface area contributed by atoms with Gasteiger partial charge in [0.2, 0.25) is 5.91 Å². The second-order valence-corrected chi connectivity index (χ2v) is 7.15. The molecule has 2 heterocycles. The number of aromatic amines is 1. The van der Waals surface area contributed by atoms with E-state index < -0.39 is 11.6 Å². The SMILES string of the molecule is Cc1cc(C)c(CNC(=O)CCN2C(=O)NC3(CCCC3)C2=O)c(=O)[nH]1. The van der Waals surface area contributed by atoms with Crippen LogP contribution >= 0.6 is 0 Å². The minimum Gasteiger partial charge on any atom is -0.352 e. The lowest BCUT2D eigenvalue weighted by Gasteiger charge is -2.19. The maximum absolute atomic E-state index is 12.5. The molecule has 3 N–H and O–H groups in total. The molecule has 3 rings (SSSR count). The van der Waals surface area contributed by atoms with Crippen molar-refractivity contribution in [3.05, 3.63) is 33.2 Å². The van der Waals surface area contributed by atoms with Gasteiger partial charge in [-0.05, 0) is 38.3 Å². The molecular formula is C18H24N4O4. The van der Waals surface area contributed by atoms with Crippen molar-refractivity contribution in [3.63, 3.8) is 0 Å². The first-order valence-corrected chi connectivity index (χ1v) is 8.93. The Kier molecular flexibility index (Phi) is 4.84. The summed E-state index contributed by atoms with van der Waals surface area (Å²) in [5, 5.41) is 5.48. The Morgan fingerprint density at radius 1 is 1.23 bits per heavy atom. The molecule has 1 aromatic heterocycles. The highest BCUT2D eigenvalue weighted by Gasteiger charge is 2.52. The fourth-order valence-electron chi connectivity index (χ4n) is 3.79. The number of pyridine rings is 1. The second kappa shape index (κ2) is 6.93. The molecular weight excluding hydrogens is 336 g/mol. The summed E-state index contributed by atoms with van der Waals surface area (Å²) in [5.41, 5.74) is 1.11. The highest BCUT2D eigenvalue weighted by Crippen LogP contribution is 2.34. The van der Waals surface area contributed by atoms with Crippen LogP contribution in [0.4, 0.5) is 4.79 Å². The van der Waals surface area contributed by atoms with E-state index in [1.54, 1.807) is 6.92 Å². The Labute approximate surface area is 151 Å². The van der Waals surface area contributed by atoms with Crippen LogP contribution in [0.1, 0.15) is 48.9 Å². The fraction of sp³-hybridized carbons (Fsp3) is 0.556. The molecule has 8 nitrogen and oxygen atoms in total. The van der Waals surface area contributed by atoms with Crippen LogP contribution in [-0.2, 0) is 16.1 Å². The van der Waals surface area contributed by atoms with Crippen molar-refractivity contribution in [3.8, 4) is 0 Å². The van der Waals surface area contributed by atoms with Crippen LogP contribution in [0.3, 0.4) is 0 Å². The van der Waals surface area contributed by atoms with Crippen molar-refractivity contribution in [2.75, 3.05) is 6.54 Å². The van der Waals surface area contributed by atoms with E-state index in [-0.39, 0.29) is 36.9 Å². The topological polar surface area (TPSA) is 111 Å². The van der Waals surface area contributed by atoms with Crippen LogP contribution < -0.4 is 16.2 Å². The van der Waals surface area contributed by atoms with E-state index in [1.165, 1.54) is 0 Å². The van der Waals surface area contributed by atoms with Gasteiger partial charge in [0, 0.05) is 30.8 Å². The number of carbonyl (C=O) groups is 3. The highest BCUT2D eigenvalue weighted by atomic mass is 16.2. The van der Waals surface area contributed by atoms with Crippen LogP contribution in [0, 0.1) is 13.8 Å². The van der Waals surface area contributed by atoms with Crippen molar-refractivity contribution in [2.45, 2.75) is 58.0 Å². The van der Waals surface area contributed by atoms with E-state index in [1.807, 2.05) is 13.0 Å². The van der Waals surface area contributed by atoms with Gasteiger partial charge < -0.3 is 15.6 Å². The maximum Gasteiger partial charge on any atom is 0.325 e.